The molecule has 0 fully saturated rings. The molecule has 0 saturated heterocycles. The third-order valence-corrected chi connectivity index (χ3v) is 5.43. The number of thioether (sulfide) groups is 1. The standard InChI is InChI=1S/C18H13N3O2S2/c22-14(16-10-12-6-4-5-9-15(12)23-16)11-24-18-21-20-17(25-18)19-13-7-2-1-3-8-13/h1-10H,11H2,(H,19,20). The second-order valence-corrected chi connectivity index (χ2v) is 7.42. The third-order valence-electron chi connectivity index (χ3n) is 3.46. The molecule has 0 aliphatic heterocycles. The van der Waals surface area contributed by atoms with Crippen LogP contribution in [0.1, 0.15) is 10.6 Å². The number of fused-ring (bicyclic) bond motifs is 1. The second kappa shape index (κ2) is 7.08. The number of hydrogen-bond donors (Lipinski definition) is 1. The molecule has 0 atom stereocenters. The number of hydrogen-bond acceptors (Lipinski definition) is 7. The fourth-order valence-electron chi connectivity index (χ4n) is 2.28. The molecule has 2 heterocycles. The van der Waals surface area contributed by atoms with Crippen LogP contribution in [0.25, 0.3) is 11.0 Å². The van der Waals surface area contributed by atoms with Gasteiger partial charge in [-0.15, -0.1) is 10.2 Å². The summed E-state index contributed by atoms with van der Waals surface area (Å²) in [6.07, 6.45) is 0. The van der Waals surface area contributed by atoms with E-state index >= 15 is 0 Å². The van der Waals surface area contributed by atoms with Gasteiger partial charge in [0.15, 0.2) is 10.1 Å². The molecule has 5 nitrogen and oxygen atoms in total. The molecule has 124 valence electrons. The van der Waals surface area contributed by atoms with E-state index in [9.17, 15) is 4.79 Å². The van der Waals surface area contributed by atoms with Crippen molar-refractivity contribution in [2.45, 2.75) is 4.34 Å². The van der Waals surface area contributed by atoms with Gasteiger partial charge >= 0.3 is 0 Å². The minimum Gasteiger partial charge on any atom is -0.453 e. The summed E-state index contributed by atoms with van der Waals surface area (Å²) in [5.74, 6) is 0.578. The third kappa shape index (κ3) is 3.72. The summed E-state index contributed by atoms with van der Waals surface area (Å²) in [5, 5.41) is 13.0. The highest BCUT2D eigenvalue weighted by atomic mass is 32.2. The van der Waals surface area contributed by atoms with Crippen LogP contribution in [0.2, 0.25) is 0 Å². The van der Waals surface area contributed by atoms with Crippen LogP contribution in [0.4, 0.5) is 10.8 Å². The van der Waals surface area contributed by atoms with E-state index in [4.69, 9.17) is 4.42 Å². The molecule has 0 unspecified atom stereocenters. The molecule has 0 radical (unpaired) electrons. The Bertz CT molecular complexity index is 978. The topological polar surface area (TPSA) is 68.0 Å². The molecule has 7 heteroatoms. The molecule has 0 aliphatic rings. The highest BCUT2D eigenvalue weighted by Crippen LogP contribution is 2.28. The second-order valence-electron chi connectivity index (χ2n) is 5.22. The van der Waals surface area contributed by atoms with Crippen molar-refractivity contribution in [1.82, 2.24) is 10.2 Å². The summed E-state index contributed by atoms with van der Waals surface area (Å²) in [6, 6.07) is 19.1. The van der Waals surface area contributed by atoms with Crippen LogP contribution in [-0.4, -0.2) is 21.7 Å². The maximum Gasteiger partial charge on any atom is 0.210 e. The Morgan fingerprint density at radius 1 is 1.08 bits per heavy atom. The van der Waals surface area contributed by atoms with Gasteiger partial charge in [0.25, 0.3) is 0 Å². The molecule has 0 saturated carbocycles. The first-order valence-corrected chi connectivity index (χ1v) is 9.38. The lowest BCUT2D eigenvalue weighted by Crippen LogP contribution is -2.00. The number of rotatable bonds is 6. The quantitative estimate of drug-likeness (QED) is 0.382. The van der Waals surface area contributed by atoms with Gasteiger partial charge in [-0.05, 0) is 24.3 Å². The maximum atomic E-state index is 12.3. The normalized spacial score (nSPS) is 10.9. The van der Waals surface area contributed by atoms with Gasteiger partial charge in [0.1, 0.15) is 5.58 Å². The molecule has 2 aromatic carbocycles. The van der Waals surface area contributed by atoms with Gasteiger partial charge in [-0.2, -0.15) is 0 Å². The zero-order valence-corrected chi connectivity index (χ0v) is 14.6. The van der Waals surface area contributed by atoms with E-state index in [1.54, 1.807) is 6.07 Å². The molecule has 4 rings (SSSR count). The van der Waals surface area contributed by atoms with E-state index in [1.807, 2.05) is 54.6 Å². The molecular formula is C18H13N3O2S2. The van der Waals surface area contributed by atoms with Crippen LogP contribution in [0.5, 0.6) is 0 Å². The first kappa shape index (κ1) is 15.9. The van der Waals surface area contributed by atoms with Crippen molar-refractivity contribution < 1.29 is 9.21 Å². The zero-order chi connectivity index (χ0) is 17.1. The number of furan rings is 1. The number of nitrogens with zero attached hydrogens (tertiary/aromatic N) is 2. The smallest absolute Gasteiger partial charge is 0.210 e. The Kier molecular flexibility index (Phi) is 4.49. The SMILES string of the molecule is O=C(CSc1nnc(Nc2ccccc2)s1)c1cc2ccccc2o1. The summed E-state index contributed by atoms with van der Waals surface area (Å²) in [5.41, 5.74) is 1.68. The van der Waals surface area contributed by atoms with Crippen LogP contribution in [0.3, 0.4) is 0 Å². The number of para-hydroxylation sites is 2. The first-order valence-electron chi connectivity index (χ1n) is 7.58. The molecule has 1 N–H and O–H groups in total. The van der Waals surface area contributed by atoms with Crippen LogP contribution >= 0.6 is 23.1 Å². The highest BCUT2D eigenvalue weighted by molar-refractivity contribution is 8.01. The van der Waals surface area contributed by atoms with E-state index in [2.05, 4.69) is 15.5 Å². The van der Waals surface area contributed by atoms with Gasteiger partial charge in [0.05, 0.1) is 5.75 Å². The first-order chi connectivity index (χ1) is 12.3. The van der Waals surface area contributed by atoms with Crippen molar-refractivity contribution >= 4 is 50.7 Å². The Balaban J connectivity index is 1.39. The van der Waals surface area contributed by atoms with E-state index < -0.39 is 0 Å². The van der Waals surface area contributed by atoms with E-state index in [1.165, 1.54) is 23.1 Å². The summed E-state index contributed by atoms with van der Waals surface area (Å²) < 4.78 is 6.33. The molecule has 0 bridgehead atoms. The van der Waals surface area contributed by atoms with Crippen molar-refractivity contribution in [3.8, 4) is 0 Å². The fourth-order valence-corrected chi connectivity index (χ4v) is 3.92. The van der Waals surface area contributed by atoms with E-state index in [-0.39, 0.29) is 11.5 Å². The number of anilines is 2. The van der Waals surface area contributed by atoms with Crippen molar-refractivity contribution in [3.63, 3.8) is 0 Å². The predicted octanol–water partition coefficient (Wildman–Crippen LogP) is 5.00. The average molecular weight is 367 g/mol. The van der Waals surface area contributed by atoms with E-state index in [0.29, 0.717) is 10.9 Å². The lowest BCUT2D eigenvalue weighted by atomic mass is 10.2. The number of benzene rings is 2. The molecular weight excluding hydrogens is 354 g/mol. The lowest BCUT2D eigenvalue weighted by molar-refractivity contribution is 0.0994. The van der Waals surface area contributed by atoms with Gasteiger partial charge in [-0.25, -0.2) is 0 Å². The molecule has 0 amide bonds. The summed E-state index contributed by atoms with van der Waals surface area (Å²) >= 11 is 2.78. The van der Waals surface area contributed by atoms with Gasteiger partial charge in [-0.1, -0.05) is 59.5 Å². The zero-order valence-electron chi connectivity index (χ0n) is 13.0. The number of ketones is 1. The summed E-state index contributed by atoms with van der Waals surface area (Å²) in [4.78, 5) is 12.3. The number of carbonyl (C=O) groups is 1. The summed E-state index contributed by atoms with van der Waals surface area (Å²) in [6.45, 7) is 0. The Morgan fingerprint density at radius 2 is 1.88 bits per heavy atom. The minimum atomic E-state index is -0.0611. The van der Waals surface area contributed by atoms with Crippen LogP contribution in [0, 0.1) is 0 Å². The molecule has 0 aliphatic carbocycles. The van der Waals surface area contributed by atoms with Gasteiger partial charge in [-0.3, -0.25) is 4.79 Å². The molecule has 4 aromatic rings. The number of nitrogens with one attached hydrogen (secondary N) is 1. The number of carbonyl (C=O) groups excluding carboxylic acids is 1. The fraction of sp³-hybridized carbons (Fsp3) is 0.0556. The van der Waals surface area contributed by atoms with Gasteiger partial charge in [0.2, 0.25) is 10.9 Å². The van der Waals surface area contributed by atoms with Crippen LogP contribution in [0.15, 0.2) is 69.4 Å². The Morgan fingerprint density at radius 3 is 2.72 bits per heavy atom. The number of aromatic nitrogens is 2. The monoisotopic (exact) mass is 367 g/mol. The van der Waals surface area contributed by atoms with Crippen LogP contribution in [-0.2, 0) is 0 Å². The predicted molar refractivity (Wildman–Crippen MR) is 101 cm³/mol. The number of Topliss-reactive ketones (excluding diaryl/α,β-unsaturated/α-hetero) is 1. The Labute approximate surface area is 152 Å². The van der Waals surface area contributed by atoms with Gasteiger partial charge in [0, 0.05) is 11.1 Å². The van der Waals surface area contributed by atoms with E-state index in [0.717, 1.165) is 21.0 Å². The van der Waals surface area contributed by atoms with Crippen molar-refractivity contribution in [1.29, 1.82) is 0 Å². The lowest BCUT2D eigenvalue weighted by Gasteiger charge is -1.99. The Hall–Kier alpha value is -2.64. The maximum absolute atomic E-state index is 12.3. The van der Waals surface area contributed by atoms with Gasteiger partial charge < -0.3 is 9.73 Å². The van der Waals surface area contributed by atoms with Crippen molar-refractivity contribution in [3.05, 3.63) is 66.4 Å². The van der Waals surface area contributed by atoms with Crippen molar-refractivity contribution in [2.75, 3.05) is 11.1 Å². The molecule has 25 heavy (non-hydrogen) atoms. The van der Waals surface area contributed by atoms with Crippen molar-refractivity contribution in [2.24, 2.45) is 0 Å². The van der Waals surface area contributed by atoms with Crippen LogP contribution < -0.4 is 5.32 Å². The molecule has 2 aromatic heterocycles. The average Bonchev–Trinajstić information content (AvgIpc) is 3.27. The summed E-state index contributed by atoms with van der Waals surface area (Å²) in [7, 11) is 0. The largest absolute Gasteiger partial charge is 0.453 e. The molecule has 0 spiro atoms. The minimum absolute atomic E-state index is 0.0611. The highest BCUT2D eigenvalue weighted by Gasteiger charge is 2.14.